The van der Waals surface area contributed by atoms with Gasteiger partial charge in [-0.05, 0) is 56.0 Å². The van der Waals surface area contributed by atoms with Crippen LogP contribution >= 0.6 is 11.3 Å². The number of amides is 1. The predicted octanol–water partition coefficient (Wildman–Crippen LogP) is 2.94. The van der Waals surface area contributed by atoms with Crippen LogP contribution in [-0.4, -0.2) is 69.5 Å². The molecule has 3 heterocycles. The van der Waals surface area contributed by atoms with Crippen LogP contribution in [0, 0.1) is 0 Å². The molecule has 1 N–H and O–H groups in total. The normalized spacial score (nSPS) is 20.3. The van der Waals surface area contributed by atoms with E-state index in [4.69, 9.17) is 9.47 Å². The van der Waals surface area contributed by atoms with Gasteiger partial charge in [-0.25, -0.2) is 8.42 Å². The number of likely N-dealkylation sites (tertiary alicyclic amines) is 1. The van der Waals surface area contributed by atoms with Crippen molar-refractivity contribution in [2.75, 3.05) is 51.3 Å². The van der Waals surface area contributed by atoms with Gasteiger partial charge in [-0.3, -0.25) is 9.69 Å². The quantitative estimate of drug-likeness (QED) is 0.626. The van der Waals surface area contributed by atoms with Gasteiger partial charge in [0, 0.05) is 24.0 Å². The summed E-state index contributed by atoms with van der Waals surface area (Å²) in [7, 11) is -3.68. The van der Waals surface area contributed by atoms with Crippen LogP contribution in [0.25, 0.3) is 0 Å². The number of carbonyl (C=O) groups excluding carboxylic acids is 1. The van der Waals surface area contributed by atoms with E-state index in [0.29, 0.717) is 44.3 Å². The second-order valence-electron chi connectivity index (χ2n) is 7.80. The molecule has 174 valence electrons. The van der Waals surface area contributed by atoms with E-state index in [1.807, 2.05) is 13.0 Å². The Labute approximate surface area is 193 Å². The predicted molar refractivity (Wildman–Crippen MR) is 124 cm³/mol. The molecule has 10 heteroatoms. The SMILES string of the molecule is CCOc1ccc(S(=O)(=O)N2CCOCC2)cc1NC(=O)CN1CCC[C@@H]1c1cccs1. The number of sulfonamides is 1. The van der Waals surface area contributed by atoms with Gasteiger partial charge in [0.1, 0.15) is 5.75 Å². The molecular formula is C22H29N3O5S2. The van der Waals surface area contributed by atoms with Crippen molar-refractivity contribution in [2.24, 2.45) is 0 Å². The molecule has 2 aromatic rings. The van der Waals surface area contributed by atoms with Gasteiger partial charge >= 0.3 is 0 Å². The number of anilines is 1. The standard InChI is InChI=1S/C22H29N3O5S2/c1-2-30-20-8-7-17(32(27,28)25-10-12-29-13-11-25)15-18(20)23-22(26)16-24-9-3-5-19(24)21-6-4-14-31-21/h4,6-8,14-15,19H,2-3,5,9-13,16H2,1H3,(H,23,26)/t19-/m1/s1. The molecule has 2 aliphatic heterocycles. The highest BCUT2D eigenvalue weighted by Crippen LogP contribution is 2.34. The number of nitrogens with one attached hydrogen (secondary N) is 1. The molecule has 2 aliphatic rings. The lowest BCUT2D eigenvalue weighted by molar-refractivity contribution is -0.117. The molecule has 0 unspecified atom stereocenters. The van der Waals surface area contributed by atoms with Crippen molar-refractivity contribution in [3.63, 3.8) is 0 Å². The van der Waals surface area contributed by atoms with Crippen molar-refractivity contribution in [3.8, 4) is 5.75 Å². The molecule has 1 aromatic carbocycles. The molecule has 8 nitrogen and oxygen atoms in total. The average molecular weight is 480 g/mol. The highest BCUT2D eigenvalue weighted by molar-refractivity contribution is 7.89. The van der Waals surface area contributed by atoms with Crippen LogP contribution in [0.3, 0.4) is 0 Å². The number of rotatable bonds is 8. The molecule has 4 rings (SSSR count). The fourth-order valence-corrected chi connectivity index (χ4v) is 6.51. The smallest absolute Gasteiger partial charge is 0.243 e. The number of benzene rings is 1. The maximum absolute atomic E-state index is 13.1. The summed E-state index contributed by atoms with van der Waals surface area (Å²) >= 11 is 1.71. The van der Waals surface area contributed by atoms with Crippen molar-refractivity contribution in [1.29, 1.82) is 0 Å². The van der Waals surface area contributed by atoms with Crippen molar-refractivity contribution in [1.82, 2.24) is 9.21 Å². The highest BCUT2D eigenvalue weighted by atomic mass is 32.2. The van der Waals surface area contributed by atoms with Crippen LogP contribution in [0.2, 0.25) is 0 Å². The third-order valence-corrected chi connectivity index (χ3v) is 8.58. The Morgan fingerprint density at radius 3 is 2.78 bits per heavy atom. The number of ether oxygens (including phenoxy) is 2. The van der Waals surface area contributed by atoms with Gasteiger partial charge in [-0.2, -0.15) is 4.31 Å². The monoisotopic (exact) mass is 479 g/mol. The minimum atomic E-state index is -3.68. The molecular weight excluding hydrogens is 450 g/mol. The summed E-state index contributed by atoms with van der Waals surface area (Å²) in [4.78, 5) is 16.5. The summed E-state index contributed by atoms with van der Waals surface area (Å²) in [5.41, 5.74) is 0.373. The zero-order valence-corrected chi connectivity index (χ0v) is 19.8. The Hall–Kier alpha value is -1.98. The third kappa shape index (κ3) is 5.15. The molecule has 0 bridgehead atoms. The molecule has 0 saturated carbocycles. The van der Waals surface area contributed by atoms with Gasteiger partial charge in [0.2, 0.25) is 15.9 Å². The third-order valence-electron chi connectivity index (χ3n) is 5.71. The van der Waals surface area contributed by atoms with Crippen molar-refractivity contribution < 1.29 is 22.7 Å². The van der Waals surface area contributed by atoms with Crippen LogP contribution in [0.5, 0.6) is 5.75 Å². The first-order valence-electron chi connectivity index (χ1n) is 10.9. The average Bonchev–Trinajstić information content (AvgIpc) is 3.47. The van der Waals surface area contributed by atoms with E-state index in [1.165, 1.54) is 21.3 Å². The van der Waals surface area contributed by atoms with Crippen molar-refractivity contribution in [2.45, 2.75) is 30.7 Å². The summed E-state index contributed by atoms with van der Waals surface area (Å²) in [5, 5.41) is 4.95. The number of thiophene rings is 1. The number of carbonyl (C=O) groups is 1. The Morgan fingerprint density at radius 1 is 1.25 bits per heavy atom. The largest absolute Gasteiger partial charge is 0.492 e. The summed E-state index contributed by atoms with van der Waals surface area (Å²) in [5.74, 6) is 0.272. The number of morpholine rings is 1. The fraction of sp³-hybridized carbons (Fsp3) is 0.500. The lowest BCUT2D eigenvalue weighted by Crippen LogP contribution is -2.40. The van der Waals surface area contributed by atoms with Gasteiger partial charge in [0.25, 0.3) is 0 Å². The van der Waals surface area contributed by atoms with Gasteiger partial charge in [0.05, 0.1) is 36.9 Å². The van der Waals surface area contributed by atoms with E-state index in [1.54, 1.807) is 17.4 Å². The first kappa shape index (κ1) is 23.2. The maximum Gasteiger partial charge on any atom is 0.243 e. The van der Waals surface area contributed by atoms with Crippen LogP contribution in [0.4, 0.5) is 5.69 Å². The van der Waals surface area contributed by atoms with Crippen LogP contribution in [0.15, 0.2) is 40.6 Å². The summed E-state index contributed by atoms with van der Waals surface area (Å²) in [6, 6.07) is 9.02. The molecule has 1 atom stereocenters. The van der Waals surface area contributed by atoms with Gasteiger partial charge in [-0.15, -0.1) is 11.3 Å². The molecule has 0 aliphatic carbocycles. The van der Waals surface area contributed by atoms with E-state index in [-0.39, 0.29) is 23.4 Å². The first-order chi connectivity index (χ1) is 15.5. The molecule has 1 amide bonds. The van der Waals surface area contributed by atoms with Crippen LogP contribution in [-0.2, 0) is 19.6 Å². The zero-order valence-electron chi connectivity index (χ0n) is 18.2. The minimum absolute atomic E-state index is 0.135. The van der Waals surface area contributed by atoms with Crippen molar-refractivity contribution >= 4 is 33.0 Å². The number of hydrogen-bond donors (Lipinski definition) is 1. The Kier molecular flexibility index (Phi) is 7.47. The number of hydrogen-bond acceptors (Lipinski definition) is 7. The lowest BCUT2D eigenvalue weighted by Gasteiger charge is -2.26. The van der Waals surface area contributed by atoms with Gasteiger partial charge < -0.3 is 14.8 Å². The summed E-state index contributed by atoms with van der Waals surface area (Å²) in [6.45, 7) is 4.74. The second kappa shape index (κ2) is 10.3. The fourth-order valence-electron chi connectivity index (χ4n) is 4.18. The zero-order chi connectivity index (χ0) is 22.6. The second-order valence-corrected chi connectivity index (χ2v) is 10.7. The molecule has 0 radical (unpaired) electrons. The molecule has 0 spiro atoms. The molecule has 2 saturated heterocycles. The first-order valence-corrected chi connectivity index (χ1v) is 13.2. The van der Waals surface area contributed by atoms with E-state index < -0.39 is 10.0 Å². The summed E-state index contributed by atoms with van der Waals surface area (Å²) < 4.78 is 38.4. The van der Waals surface area contributed by atoms with Gasteiger partial charge in [-0.1, -0.05) is 6.07 Å². The highest BCUT2D eigenvalue weighted by Gasteiger charge is 2.30. The van der Waals surface area contributed by atoms with Crippen LogP contribution < -0.4 is 10.1 Å². The van der Waals surface area contributed by atoms with E-state index in [2.05, 4.69) is 21.7 Å². The Morgan fingerprint density at radius 2 is 2.06 bits per heavy atom. The van der Waals surface area contributed by atoms with E-state index >= 15 is 0 Å². The van der Waals surface area contributed by atoms with Crippen molar-refractivity contribution in [3.05, 3.63) is 40.6 Å². The topological polar surface area (TPSA) is 88.2 Å². The molecule has 32 heavy (non-hydrogen) atoms. The van der Waals surface area contributed by atoms with E-state index in [0.717, 1.165) is 19.4 Å². The number of nitrogens with zero attached hydrogens (tertiary/aromatic N) is 2. The Bertz CT molecular complexity index is 1020. The van der Waals surface area contributed by atoms with Crippen LogP contribution in [0.1, 0.15) is 30.7 Å². The van der Waals surface area contributed by atoms with E-state index in [9.17, 15) is 13.2 Å². The molecule has 1 aromatic heterocycles. The van der Waals surface area contributed by atoms with Gasteiger partial charge in [0.15, 0.2) is 0 Å². The lowest BCUT2D eigenvalue weighted by atomic mass is 10.2. The summed E-state index contributed by atoms with van der Waals surface area (Å²) in [6.07, 6.45) is 2.08. The molecule has 2 fully saturated rings. The Balaban J connectivity index is 1.51. The maximum atomic E-state index is 13.1. The minimum Gasteiger partial charge on any atom is -0.492 e.